The Hall–Kier alpha value is 0.352. The monoisotopic (exact) mass is 220 g/mol. The SMILES string of the molecule is CC(=O)O.CCO.[Cd]. The van der Waals surface area contributed by atoms with Crippen molar-refractivity contribution in [1.82, 2.24) is 0 Å². The van der Waals surface area contributed by atoms with Gasteiger partial charge >= 0.3 is 0 Å². The normalized spacial score (nSPS) is 5.38. The Balaban J connectivity index is -0.0000000575. The van der Waals surface area contributed by atoms with Gasteiger partial charge in [-0.2, -0.15) is 0 Å². The number of hydrogen-bond donors (Lipinski definition) is 2. The van der Waals surface area contributed by atoms with E-state index in [0.29, 0.717) is 0 Å². The minimum absolute atomic E-state index is 0. The number of aliphatic carboxylic acids is 1. The van der Waals surface area contributed by atoms with E-state index in [4.69, 9.17) is 15.0 Å². The summed E-state index contributed by atoms with van der Waals surface area (Å²) in [6.07, 6.45) is 0. The van der Waals surface area contributed by atoms with E-state index in [2.05, 4.69) is 0 Å². The number of carboxylic acids is 1. The van der Waals surface area contributed by atoms with Gasteiger partial charge in [-0.3, -0.25) is 4.79 Å². The van der Waals surface area contributed by atoms with Gasteiger partial charge in [0, 0.05) is 40.8 Å². The molecule has 0 fully saturated rings. The molecule has 3 nitrogen and oxygen atoms in total. The van der Waals surface area contributed by atoms with Crippen molar-refractivity contribution in [1.29, 1.82) is 0 Å². The summed E-state index contributed by atoms with van der Waals surface area (Å²) in [5.41, 5.74) is 0. The number of hydrogen-bond acceptors (Lipinski definition) is 2. The molecule has 0 amide bonds. The fraction of sp³-hybridized carbons (Fsp3) is 0.750. The van der Waals surface area contributed by atoms with Gasteiger partial charge in [-0.25, -0.2) is 0 Å². The first kappa shape index (κ1) is 15.8. The van der Waals surface area contributed by atoms with Gasteiger partial charge in [0.1, 0.15) is 0 Å². The van der Waals surface area contributed by atoms with Crippen LogP contribution in [0.2, 0.25) is 0 Å². The molecule has 0 aliphatic carbocycles. The Bertz CT molecular complexity index is 42.5. The predicted octanol–water partition coefficient (Wildman–Crippen LogP) is 0.0870. The average Bonchev–Trinajstić information content (AvgIpc) is 1.33. The maximum atomic E-state index is 9.00. The van der Waals surface area contributed by atoms with Crippen LogP contribution in [0.25, 0.3) is 0 Å². The Morgan fingerprint density at radius 2 is 1.62 bits per heavy atom. The van der Waals surface area contributed by atoms with Crippen molar-refractivity contribution in [3.8, 4) is 0 Å². The van der Waals surface area contributed by atoms with Crippen LogP contribution in [-0.4, -0.2) is 22.8 Å². The second-order valence-corrected chi connectivity index (χ2v) is 0.835. The number of rotatable bonds is 0. The Kier molecular flexibility index (Phi) is 30.9. The summed E-state index contributed by atoms with van der Waals surface area (Å²) < 4.78 is 0. The van der Waals surface area contributed by atoms with Crippen molar-refractivity contribution in [2.24, 2.45) is 0 Å². The van der Waals surface area contributed by atoms with Crippen molar-refractivity contribution < 1.29 is 42.3 Å². The van der Waals surface area contributed by atoms with E-state index in [1.807, 2.05) is 0 Å². The van der Waals surface area contributed by atoms with Crippen LogP contribution in [-0.2, 0) is 32.1 Å². The summed E-state index contributed by atoms with van der Waals surface area (Å²) in [7, 11) is 0. The summed E-state index contributed by atoms with van der Waals surface area (Å²) in [6.45, 7) is 3.01. The van der Waals surface area contributed by atoms with Crippen LogP contribution in [0.5, 0.6) is 0 Å². The molecule has 4 heteroatoms. The Morgan fingerprint density at radius 1 is 1.62 bits per heavy atom. The molecule has 0 spiro atoms. The molecule has 0 radical (unpaired) electrons. The van der Waals surface area contributed by atoms with Gasteiger partial charge < -0.3 is 10.2 Å². The molecule has 0 aromatic rings. The van der Waals surface area contributed by atoms with Gasteiger partial charge in [0.25, 0.3) is 5.97 Å². The fourth-order valence-electron chi connectivity index (χ4n) is 0. The molecule has 0 unspecified atom stereocenters. The molecule has 0 bridgehead atoms. The minimum Gasteiger partial charge on any atom is -0.481 e. The molecule has 0 saturated carbocycles. The second kappa shape index (κ2) is 15.7. The second-order valence-electron chi connectivity index (χ2n) is 0.835. The van der Waals surface area contributed by atoms with E-state index in [0.717, 1.165) is 6.92 Å². The summed E-state index contributed by atoms with van der Waals surface area (Å²) >= 11 is 0. The molecule has 0 aromatic heterocycles. The zero-order valence-electron chi connectivity index (χ0n) is 5.22. The van der Waals surface area contributed by atoms with Crippen LogP contribution in [0.4, 0.5) is 0 Å². The molecular weight excluding hydrogens is 208 g/mol. The van der Waals surface area contributed by atoms with Crippen molar-refractivity contribution in [2.45, 2.75) is 13.8 Å². The molecule has 2 N–H and O–H groups in total. The number of aliphatic hydroxyl groups is 1. The van der Waals surface area contributed by atoms with E-state index < -0.39 is 5.97 Å². The first-order chi connectivity index (χ1) is 3.15. The fourth-order valence-corrected chi connectivity index (χ4v) is 0. The zero-order chi connectivity index (χ0) is 6.28. The van der Waals surface area contributed by atoms with Crippen molar-refractivity contribution >= 4 is 5.97 Å². The van der Waals surface area contributed by atoms with Crippen molar-refractivity contribution in [3.63, 3.8) is 0 Å². The van der Waals surface area contributed by atoms with E-state index in [-0.39, 0.29) is 33.9 Å². The molecule has 0 rings (SSSR count). The number of carbonyl (C=O) groups is 1. The van der Waals surface area contributed by atoms with Crippen LogP contribution in [0.1, 0.15) is 13.8 Å². The summed E-state index contributed by atoms with van der Waals surface area (Å²) in [6, 6.07) is 0. The van der Waals surface area contributed by atoms with E-state index in [9.17, 15) is 0 Å². The molecule has 0 aromatic carbocycles. The molecular formula is C4H10CdO3. The maximum Gasteiger partial charge on any atom is 0.300 e. The molecule has 0 aliphatic heterocycles. The Morgan fingerprint density at radius 3 is 1.62 bits per heavy atom. The number of aliphatic hydroxyl groups excluding tert-OH is 1. The average molecular weight is 219 g/mol. The Labute approximate surface area is 68.9 Å². The third kappa shape index (κ3) is 1470. The molecule has 46 valence electrons. The standard InChI is InChI=1S/C2H4O2.C2H6O.Cd/c1-2(3)4;1-2-3;/h1H3,(H,3,4);3H,2H2,1H3;. The van der Waals surface area contributed by atoms with Crippen LogP contribution in [0, 0.1) is 0 Å². The van der Waals surface area contributed by atoms with Crippen LogP contribution in [0.3, 0.4) is 0 Å². The van der Waals surface area contributed by atoms with E-state index in [1.54, 1.807) is 6.92 Å². The van der Waals surface area contributed by atoms with Crippen LogP contribution >= 0.6 is 0 Å². The molecule has 0 saturated heterocycles. The van der Waals surface area contributed by atoms with Crippen molar-refractivity contribution in [2.75, 3.05) is 6.61 Å². The van der Waals surface area contributed by atoms with Crippen LogP contribution < -0.4 is 0 Å². The third-order valence-electron chi connectivity index (χ3n) is 0. The summed E-state index contributed by atoms with van der Waals surface area (Å²) in [4.78, 5) is 9.00. The minimum atomic E-state index is -0.833. The van der Waals surface area contributed by atoms with Gasteiger partial charge in [-0.1, -0.05) is 0 Å². The summed E-state index contributed by atoms with van der Waals surface area (Å²) in [5, 5.41) is 15.0. The van der Waals surface area contributed by atoms with Gasteiger partial charge in [0.15, 0.2) is 0 Å². The summed E-state index contributed by atoms with van der Waals surface area (Å²) in [5.74, 6) is -0.833. The van der Waals surface area contributed by atoms with Crippen LogP contribution in [0.15, 0.2) is 0 Å². The predicted molar refractivity (Wildman–Crippen MR) is 26.1 cm³/mol. The number of carboxylic acid groups (broad SMARTS) is 1. The first-order valence-electron chi connectivity index (χ1n) is 1.95. The van der Waals surface area contributed by atoms with Gasteiger partial charge in [0.05, 0.1) is 0 Å². The molecule has 8 heavy (non-hydrogen) atoms. The largest absolute Gasteiger partial charge is 0.481 e. The first-order valence-corrected chi connectivity index (χ1v) is 1.95. The van der Waals surface area contributed by atoms with Crippen molar-refractivity contribution in [3.05, 3.63) is 0 Å². The smallest absolute Gasteiger partial charge is 0.300 e. The van der Waals surface area contributed by atoms with Gasteiger partial charge in [-0.15, -0.1) is 0 Å². The van der Waals surface area contributed by atoms with E-state index in [1.165, 1.54) is 0 Å². The maximum absolute atomic E-state index is 9.00. The molecule has 0 atom stereocenters. The quantitative estimate of drug-likeness (QED) is 0.567. The molecule has 0 heterocycles. The van der Waals surface area contributed by atoms with E-state index >= 15 is 0 Å². The zero-order valence-corrected chi connectivity index (χ0v) is 9.25. The molecule has 0 aliphatic rings. The van der Waals surface area contributed by atoms with Gasteiger partial charge in [0.2, 0.25) is 0 Å². The van der Waals surface area contributed by atoms with Gasteiger partial charge in [-0.05, 0) is 6.92 Å². The third-order valence-corrected chi connectivity index (χ3v) is 0. The topological polar surface area (TPSA) is 57.5 Å².